The fourth-order valence-corrected chi connectivity index (χ4v) is 0.802. The highest BCUT2D eigenvalue weighted by molar-refractivity contribution is 6.30. The minimum atomic E-state index is -4.44. The van der Waals surface area contributed by atoms with Crippen LogP contribution >= 0.6 is 24.0 Å². The third-order valence-electron chi connectivity index (χ3n) is 1.19. The van der Waals surface area contributed by atoms with E-state index in [1.165, 1.54) is 24.3 Å². The molecule has 0 heterocycles. The first-order chi connectivity index (χ1) is 5.97. The van der Waals surface area contributed by atoms with Crippen LogP contribution in [0.3, 0.4) is 0 Å². The molecule has 2 N–H and O–H groups in total. The van der Waals surface area contributed by atoms with Crippen LogP contribution in [0.2, 0.25) is 5.02 Å². The number of hydrazine groups is 1. The summed E-state index contributed by atoms with van der Waals surface area (Å²) in [5, 5.41) is 0.470. The lowest BCUT2D eigenvalue weighted by Crippen LogP contribution is -2.36. The van der Waals surface area contributed by atoms with Crippen molar-refractivity contribution >= 4 is 29.7 Å². The van der Waals surface area contributed by atoms with Gasteiger partial charge in [-0.2, -0.15) is 13.2 Å². The largest absolute Gasteiger partial charge is 0.474 e. The fraction of sp³-hybridized carbons (Fsp3) is 0.143. The normalized spacial score (nSPS) is 10.6. The van der Waals surface area contributed by atoms with E-state index in [4.69, 9.17) is 11.6 Å². The van der Waals surface area contributed by atoms with E-state index >= 15 is 0 Å². The van der Waals surface area contributed by atoms with Gasteiger partial charge >= 0.3 is 6.30 Å². The Balaban J connectivity index is 0.00000169. The van der Waals surface area contributed by atoms with Crippen LogP contribution < -0.4 is 10.9 Å². The SMILES string of the molecule is Cl.FC(F)(F)NNc1ccc(Cl)cc1. The summed E-state index contributed by atoms with van der Waals surface area (Å²) >= 11 is 5.53. The zero-order valence-corrected chi connectivity index (χ0v) is 8.30. The van der Waals surface area contributed by atoms with Crippen molar-refractivity contribution in [3.63, 3.8) is 0 Å². The van der Waals surface area contributed by atoms with Gasteiger partial charge in [-0.05, 0) is 24.3 Å². The Kier molecular flexibility index (Phi) is 5.04. The van der Waals surface area contributed by atoms with Crippen LogP contribution in [0.4, 0.5) is 18.9 Å². The summed E-state index contributed by atoms with van der Waals surface area (Å²) in [7, 11) is 0. The summed E-state index contributed by atoms with van der Waals surface area (Å²) in [5.41, 5.74) is 3.44. The molecular formula is C7H7Cl2F3N2. The highest BCUT2D eigenvalue weighted by Crippen LogP contribution is 2.14. The molecule has 0 aliphatic carbocycles. The van der Waals surface area contributed by atoms with Crippen molar-refractivity contribution in [1.29, 1.82) is 0 Å². The molecule has 0 unspecified atom stereocenters. The first kappa shape index (κ1) is 13.4. The molecule has 0 bridgehead atoms. The zero-order chi connectivity index (χ0) is 9.90. The third-order valence-corrected chi connectivity index (χ3v) is 1.44. The predicted molar refractivity (Wildman–Crippen MR) is 51.5 cm³/mol. The number of alkyl halides is 3. The molecule has 14 heavy (non-hydrogen) atoms. The molecule has 2 nitrogen and oxygen atoms in total. The Labute approximate surface area is 89.8 Å². The molecule has 0 spiro atoms. The van der Waals surface area contributed by atoms with Crippen molar-refractivity contribution in [2.75, 3.05) is 5.43 Å². The third kappa shape index (κ3) is 5.16. The van der Waals surface area contributed by atoms with Gasteiger partial charge in [0.1, 0.15) is 0 Å². The van der Waals surface area contributed by atoms with E-state index in [1.807, 2.05) is 5.43 Å². The van der Waals surface area contributed by atoms with Gasteiger partial charge in [0, 0.05) is 10.7 Å². The van der Waals surface area contributed by atoms with Crippen molar-refractivity contribution < 1.29 is 13.2 Å². The monoisotopic (exact) mass is 246 g/mol. The van der Waals surface area contributed by atoms with Gasteiger partial charge in [0.25, 0.3) is 0 Å². The minimum absolute atomic E-state index is 0. The Morgan fingerprint density at radius 2 is 1.57 bits per heavy atom. The summed E-state index contributed by atoms with van der Waals surface area (Å²) in [6.07, 6.45) is -4.44. The van der Waals surface area contributed by atoms with Crippen molar-refractivity contribution in [1.82, 2.24) is 5.43 Å². The molecular weight excluding hydrogens is 240 g/mol. The summed E-state index contributed by atoms with van der Waals surface area (Å²) in [5.74, 6) is 0. The van der Waals surface area contributed by atoms with Gasteiger partial charge in [-0.25, -0.2) is 0 Å². The van der Waals surface area contributed by atoms with E-state index in [9.17, 15) is 13.2 Å². The Morgan fingerprint density at radius 3 is 2.00 bits per heavy atom. The maximum atomic E-state index is 11.6. The van der Waals surface area contributed by atoms with E-state index in [2.05, 4.69) is 0 Å². The zero-order valence-electron chi connectivity index (χ0n) is 6.73. The van der Waals surface area contributed by atoms with Gasteiger partial charge in [-0.1, -0.05) is 11.6 Å². The number of hydrogen-bond acceptors (Lipinski definition) is 2. The summed E-state index contributed by atoms with van der Waals surface area (Å²) in [6.45, 7) is 0. The Bertz CT molecular complexity index is 273. The summed E-state index contributed by atoms with van der Waals surface area (Å²) in [6, 6.07) is 5.84. The predicted octanol–water partition coefficient (Wildman–Crippen LogP) is 3.20. The fourth-order valence-electron chi connectivity index (χ4n) is 0.676. The number of anilines is 1. The van der Waals surface area contributed by atoms with E-state index in [0.717, 1.165) is 5.43 Å². The summed E-state index contributed by atoms with van der Waals surface area (Å²) in [4.78, 5) is 0. The molecule has 0 radical (unpaired) electrons. The first-order valence-corrected chi connectivity index (χ1v) is 3.71. The van der Waals surface area contributed by atoms with Crippen LogP contribution in [0.5, 0.6) is 0 Å². The van der Waals surface area contributed by atoms with Crippen LogP contribution in [0, 0.1) is 0 Å². The van der Waals surface area contributed by atoms with E-state index in [1.54, 1.807) is 0 Å². The first-order valence-electron chi connectivity index (χ1n) is 3.33. The molecule has 0 amide bonds. The number of rotatable bonds is 2. The molecule has 7 heteroatoms. The second-order valence-corrected chi connectivity index (χ2v) is 2.69. The van der Waals surface area contributed by atoms with Gasteiger partial charge in [0.15, 0.2) is 0 Å². The molecule has 80 valence electrons. The standard InChI is InChI=1S/C7H6ClF3N2.ClH/c8-5-1-3-6(4-2-5)12-13-7(9,10)11;/h1-4,12-13H;1H. The Morgan fingerprint density at radius 1 is 1.07 bits per heavy atom. The number of hydrogen-bond donors (Lipinski definition) is 2. The van der Waals surface area contributed by atoms with Crippen molar-refractivity contribution in [3.05, 3.63) is 29.3 Å². The van der Waals surface area contributed by atoms with Crippen LogP contribution in [-0.4, -0.2) is 6.30 Å². The smallest absolute Gasteiger partial charge is 0.314 e. The maximum Gasteiger partial charge on any atom is 0.474 e. The average molecular weight is 247 g/mol. The van der Waals surface area contributed by atoms with E-state index < -0.39 is 6.30 Å². The maximum absolute atomic E-state index is 11.6. The van der Waals surface area contributed by atoms with Gasteiger partial charge in [-0.15, -0.1) is 17.8 Å². The summed E-state index contributed by atoms with van der Waals surface area (Å²) < 4.78 is 34.9. The van der Waals surface area contributed by atoms with Gasteiger partial charge in [0.05, 0.1) is 0 Å². The molecule has 0 aliphatic heterocycles. The molecule has 0 saturated heterocycles. The lowest BCUT2D eigenvalue weighted by Gasteiger charge is -2.10. The van der Waals surface area contributed by atoms with E-state index in [0.29, 0.717) is 10.7 Å². The molecule has 0 saturated carbocycles. The molecule has 1 rings (SSSR count). The molecule has 1 aromatic rings. The van der Waals surface area contributed by atoms with E-state index in [-0.39, 0.29) is 12.4 Å². The van der Waals surface area contributed by atoms with Crippen molar-refractivity contribution in [3.8, 4) is 0 Å². The van der Waals surface area contributed by atoms with Crippen molar-refractivity contribution in [2.24, 2.45) is 0 Å². The minimum Gasteiger partial charge on any atom is -0.314 e. The van der Waals surface area contributed by atoms with Gasteiger partial charge < -0.3 is 5.43 Å². The second-order valence-electron chi connectivity index (χ2n) is 2.25. The highest BCUT2D eigenvalue weighted by Gasteiger charge is 2.26. The van der Waals surface area contributed by atoms with Gasteiger partial charge in [0.2, 0.25) is 0 Å². The second kappa shape index (κ2) is 5.29. The molecule has 0 atom stereocenters. The molecule has 0 aliphatic rings. The quantitative estimate of drug-likeness (QED) is 0.619. The van der Waals surface area contributed by atoms with Crippen LogP contribution in [0.1, 0.15) is 0 Å². The van der Waals surface area contributed by atoms with Gasteiger partial charge in [-0.3, -0.25) is 0 Å². The number of benzene rings is 1. The number of halogens is 5. The molecule has 1 aromatic carbocycles. The lowest BCUT2D eigenvalue weighted by atomic mass is 10.3. The highest BCUT2D eigenvalue weighted by atomic mass is 35.5. The Hall–Kier alpha value is -0.650. The van der Waals surface area contributed by atoms with Crippen LogP contribution in [-0.2, 0) is 0 Å². The number of nitrogens with one attached hydrogen (secondary N) is 2. The molecule has 0 aromatic heterocycles. The van der Waals surface area contributed by atoms with Crippen LogP contribution in [0.15, 0.2) is 24.3 Å². The average Bonchev–Trinajstić information content (AvgIpc) is 2.02. The topological polar surface area (TPSA) is 24.1 Å². The van der Waals surface area contributed by atoms with Crippen molar-refractivity contribution in [2.45, 2.75) is 6.30 Å². The molecule has 0 fully saturated rings. The lowest BCUT2D eigenvalue weighted by molar-refractivity contribution is -0.151. The van der Waals surface area contributed by atoms with Crippen LogP contribution in [0.25, 0.3) is 0 Å².